The Kier molecular flexibility index (Phi) is 7.73. The molecule has 4 aliphatic rings. The van der Waals surface area contributed by atoms with Crippen LogP contribution < -0.4 is 15.7 Å². The van der Waals surface area contributed by atoms with Gasteiger partial charge < -0.3 is 25.5 Å². The third-order valence-corrected chi connectivity index (χ3v) is 8.76. The van der Waals surface area contributed by atoms with Gasteiger partial charge in [0.1, 0.15) is 0 Å². The first kappa shape index (κ1) is 28.3. The Bertz CT molecular complexity index is 1460. The van der Waals surface area contributed by atoms with Crippen LogP contribution in [-0.2, 0) is 4.79 Å². The van der Waals surface area contributed by atoms with Crippen molar-refractivity contribution in [1.82, 2.24) is 29.7 Å². The minimum absolute atomic E-state index is 0.0565. The summed E-state index contributed by atoms with van der Waals surface area (Å²) in [7, 11) is 0. The molecule has 0 radical (unpaired) electrons. The summed E-state index contributed by atoms with van der Waals surface area (Å²) in [6.45, 7) is 4.23. The molecule has 2 saturated heterocycles. The fourth-order valence-corrected chi connectivity index (χ4v) is 6.47. The zero-order chi connectivity index (χ0) is 29.3. The molecular weight excluding hydrogens is 547 g/mol. The smallest absolute Gasteiger partial charge is 0.389 e. The number of allylic oxidation sites excluding steroid dienone is 4. The van der Waals surface area contributed by atoms with Crippen molar-refractivity contribution in [3.05, 3.63) is 65.4 Å². The van der Waals surface area contributed by atoms with Gasteiger partial charge in [0.15, 0.2) is 5.65 Å². The molecule has 0 bridgehead atoms. The second-order valence-corrected chi connectivity index (χ2v) is 11.7. The van der Waals surface area contributed by atoms with E-state index in [0.29, 0.717) is 30.1 Å². The Morgan fingerprint density at radius 3 is 2.74 bits per heavy atom. The number of hydrogen-bond donors (Lipinski definition) is 2. The molecule has 2 N–H and O–H groups in total. The first-order chi connectivity index (χ1) is 20.2. The molecule has 0 unspecified atom stereocenters. The Morgan fingerprint density at radius 1 is 1.14 bits per heavy atom. The van der Waals surface area contributed by atoms with Gasteiger partial charge in [-0.3, -0.25) is 4.79 Å². The number of rotatable bonds is 6. The van der Waals surface area contributed by atoms with Gasteiger partial charge in [-0.15, -0.1) is 5.10 Å². The van der Waals surface area contributed by atoms with Gasteiger partial charge in [-0.1, -0.05) is 12.2 Å². The lowest BCUT2D eigenvalue weighted by molar-refractivity contribution is -0.337. The molecule has 0 aromatic carbocycles. The average molecular weight is 583 g/mol. The van der Waals surface area contributed by atoms with E-state index in [9.17, 15) is 23.1 Å². The molecule has 2 aromatic rings. The number of nitrogens with zero attached hydrogens (tertiary/aromatic N) is 5. The Balaban J connectivity index is 1.13. The van der Waals surface area contributed by atoms with Gasteiger partial charge in [0.05, 0.1) is 6.42 Å². The van der Waals surface area contributed by atoms with Crippen LogP contribution in [-0.4, -0.2) is 75.7 Å². The van der Waals surface area contributed by atoms with E-state index in [0.717, 1.165) is 62.3 Å². The zero-order valence-electron chi connectivity index (χ0n) is 23.4. The van der Waals surface area contributed by atoms with Crippen LogP contribution >= 0.6 is 0 Å². The van der Waals surface area contributed by atoms with Crippen LogP contribution in [0.1, 0.15) is 50.5 Å². The van der Waals surface area contributed by atoms with E-state index in [4.69, 9.17) is 0 Å². The van der Waals surface area contributed by atoms with Crippen molar-refractivity contribution < 1.29 is 23.1 Å². The quantitative estimate of drug-likeness (QED) is 0.502. The van der Waals surface area contributed by atoms with Crippen molar-refractivity contribution in [1.29, 1.82) is 0 Å². The maximum atomic E-state index is 13.4. The van der Waals surface area contributed by atoms with E-state index >= 15 is 0 Å². The first-order valence-corrected chi connectivity index (χ1v) is 14.6. The largest absolute Gasteiger partial charge is 0.860 e. The van der Waals surface area contributed by atoms with Crippen LogP contribution in [0, 0.1) is 5.41 Å². The molecule has 1 amide bonds. The lowest BCUT2D eigenvalue weighted by Crippen LogP contribution is -2.49. The topological polar surface area (TPSA) is 101 Å². The van der Waals surface area contributed by atoms with Crippen LogP contribution in [0.25, 0.3) is 11.2 Å². The van der Waals surface area contributed by atoms with E-state index in [2.05, 4.69) is 20.7 Å². The van der Waals surface area contributed by atoms with Gasteiger partial charge >= 0.3 is 6.18 Å². The molecule has 224 valence electrons. The molecule has 42 heavy (non-hydrogen) atoms. The van der Waals surface area contributed by atoms with Gasteiger partial charge in [0.25, 0.3) is 0 Å². The first-order valence-electron chi connectivity index (χ1n) is 14.6. The highest BCUT2D eigenvalue weighted by Crippen LogP contribution is 2.39. The predicted molar refractivity (Wildman–Crippen MR) is 151 cm³/mol. The number of fused-ring (bicyclic) bond motifs is 1. The van der Waals surface area contributed by atoms with Crippen molar-refractivity contribution in [3.63, 3.8) is 0 Å². The summed E-state index contributed by atoms with van der Waals surface area (Å²) in [5.41, 5.74) is 4.07. The van der Waals surface area contributed by atoms with Crippen LogP contribution in [0.5, 0.6) is 0 Å². The predicted octanol–water partition coefficient (Wildman–Crippen LogP) is 3.59. The highest BCUT2D eigenvalue weighted by Gasteiger charge is 2.36. The molecule has 12 heteroatoms. The molecule has 0 saturated carbocycles. The Labute approximate surface area is 242 Å². The van der Waals surface area contributed by atoms with Crippen molar-refractivity contribution >= 4 is 23.1 Å². The fourth-order valence-electron chi connectivity index (χ4n) is 6.47. The fraction of sp³-hybridized carbons (Fsp3) is 0.500. The van der Waals surface area contributed by atoms with E-state index < -0.39 is 24.9 Å². The summed E-state index contributed by atoms with van der Waals surface area (Å²) in [6.07, 6.45) is 8.17. The summed E-state index contributed by atoms with van der Waals surface area (Å²) >= 11 is 0. The minimum Gasteiger partial charge on any atom is -0.860 e. The van der Waals surface area contributed by atoms with E-state index in [1.807, 2.05) is 41.3 Å². The lowest BCUT2D eigenvalue weighted by atomic mass is 9.73. The summed E-state index contributed by atoms with van der Waals surface area (Å²) in [6, 6.07) is 3.78. The summed E-state index contributed by atoms with van der Waals surface area (Å²) in [4.78, 5) is 20.4. The number of nitrogens with one attached hydrogen (secondary N) is 2. The van der Waals surface area contributed by atoms with Gasteiger partial charge in [-0.2, -0.15) is 18.2 Å². The molecule has 5 heterocycles. The summed E-state index contributed by atoms with van der Waals surface area (Å²) in [5.74, 6) is -0.0476. The molecule has 3 aliphatic heterocycles. The average Bonchev–Trinajstić information content (AvgIpc) is 3.62. The number of hydrogen-bond acceptors (Lipinski definition) is 7. The van der Waals surface area contributed by atoms with Gasteiger partial charge in [-0.05, 0) is 91.9 Å². The number of carbonyl (C=O) groups excluding carboxylic acids is 1. The maximum Gasteiger partial charge on any atom is 0.389 e. The number of piperidine rings is 2. The van der Waals surface area contributed by atoms with Crippen LogP contribution in [0.15, 0.2) is 59.8 Å². The van der Waals surface area contributed by atoms with E-state index in [1.54, 1.807) is 10.7 Å². The SMILES string of the molecule is O=C(CCC(F)(F)F)N1CC=C(c2cccn3nc(NC4=C/C(=C(/[O-])N5CCCC6(CCNCC6)C5)C=C4)nc23)CC1. The monoisotopic (exact) mass is 582 g/mol. The number of halogens is 3. The van der Waals surface area contributed by atoms with Crippen molar-refractivity contribution in [2.75, 3.05) is 44.6 Å². The number of amides is 1. The Hall–Kier alpha value is -3.80. The molecule has 6 rings (SSSR count). The summed E-state index contributed by atoms with van der Waals surface area (Å²) < 4.78 is 39.2. The van der Waals surface area contributed by atoms with Crippen molar-refractivity contribution in [2.24, 2.45) is 5.41 Å². The maximum absolute atomic E-state index is 13.4. The van der Waals surface area contributed by atoms with Crippen LogP contribution in [0.3, 0.4) is 0 Å². The number of pyridine rings is 1. The normalized spacial score (nSPS) is 22.0. The standard InChI is InChI=1S/C30H36F3N7O2/c31-30(32,33)10-6-25(41)38-17-7-21(8-18-38)24-3-1-16-40-26(24)36-28(37-40)35-23-5-4-22(19-23)27(42)39-15-2-9-29(20-39)11-13-34-14-12-29/h1,3-5,7,16,19,34,42H,2,6,8-15,17-18,20H2,(H,35,37)/p-1/b27-22+. The molecule has 0 atom stereocenters. The van der Waals surface area contributed by atoms with E-state index in [1.165, 1.54) is 11.3 Å². The molecule has 1 aliphatic carbocycles. The van der Waals surface area contributed by atoms with Gasteiger partial charge in [0, 0.05) is 50.1 Å². The van der Waals surface area contributed by atoms with Crippen LogP contribution in [0.4, 0.5) is 19.1 Å². The Morgan fingerprint density at radius 2 is 1.98 bits per heavy atom. The molecule has 2 fully saturated rings. The van der Waals surface area contributed by atoms with Gasteiger partial charge in [0.2, 0.25) is 11.9 Å². The minimum atomic E-state index is -4.34. The lowest BCUT2D eigenvalue weighted by Gasteiger charge is -2.48. The molecule has 2 aromatic heterocycles. The van der Waals surface area contributed by atoms with Crippen LogP contribution in [0.2, 0.25) is 0 Å². The number of anilines is 1. The van der Waals surface area contributed by atoms with Crippen molar-refractivity contribution in [3.8, 4) is 0 Å². The highest BCUT2D eigenvalue weighted by atomic mass is 19.4. The third-order valence-electron chi connectivity index (χ3n) is 8.76. The van der Waals surface area contributed by atoms with Crippen molar-refractivity contribution in [2.45, 2.75) is 51.1 Å². The number of likely N-dealkylation sites (tertiary alicyclic amines) is 1. The molecular formula is C30H35F3N7O2-. The van der Waals surface area contributed by atoms with E-state index in [-0.39, 0.29) is 17.8 Å². The van der Waals surface area contributed by atoms with Gasteiger partial charge in [-0.25, -0.2) is 4.52 Å². The third kappa shape index (κ3) is 6.18. The number of aromatic nitrogens is 3. The molecule has 1 spiro atoms. The second-order valence-electron chi connectivity index (χ2n) is 11.7. The number of carbonyl (C=O) groups is 1. The second kappa shape index (κ2) is 11.5. The molecule has 9 nitrogen and oxygen atoms in total. The zero-order valence-corrected chi connectivity index (χ0v) is 23.4. The highest BCUT2D eigenvalue weighted by molar-refractivity contribution is 5.81. The summed E-state index contributed by atoms with van der Waals surface area (Å²) in [5, 5.41) is 24.6. The number of alkyl halides is 3.